The van der Waals surface area contributed by atoms with Gasteiger partial charge in [-0.1, -0.05) is 13.5 Å². The van der Waals surface area contributed by atoms with Gasteiger partial charge in [0.05, 0.1) is 0 Å². The molecule has 1 saturated heterocycles. The molecule has 1 rings (SSSR count). The molecule has 1 aliphatic heterocycles. The molecule has 1 unspecified atom stereocenters. The number of ketones is 1. The molecule has 0 spiro atoms. The van der Waals surface area contributed by atoms with Crippen LogP contribution in [-0.2, 0) is 9.53 Å². The van der Waals surface area contributed by atoms with Gasteiger partial charge in [-0.05, 0) is 29.0 Å². The van der Waals surface area contributed by atoms with Crippen LogP contribution in [0.4, 0.5) is 0 Å². The first-order valence-corrected chi connectivity index (χ1v) is 5.03. The number of rotatable bonds is 1. The van der Waals surface area contributed by atoms with E-state index in [1.54, 1.807) is 0 Å². The van der Waals surface area contributed by atoms with Gasteiger partial charge in [-0.25, -0.2) is 0 Å². The molecule has 0 bridgehead atoms. The molecule has 3 nitrogen and oxygen atoms in total. The minimum atomic E-state index is -0.846. The summed E-state index contributed by atoms with van der Waals surface area (Å²) in [5, 5.41) is 9.38. The summed E-state index contributed by atoms with van der Waals surface area (Å²) in [6.45, 7) is 5.41. The lowest BCUT2D eigenvalue weighted by Crippen LogP contribution is -2.43. The zero-order valence-electron chi connectivity index (χ0n) is 6.79. The van der Waals surface area contributed by atoms with Crippen molar-refractivity contribution in [3.63, 3.8) is 0 Å². The topological polar surface area (TPSA) is 46.5 Å². The number of ether oxygens (including phenoxy) is 1. The Balaban J connectivity index is 2.77. The molecule has 3 atom stereocenters. The molecular weight excluding hydrogens is 271 g/mol. The number of Topliss-reactive ketones (excluding diaryl/α,β-unsaturated/α-hetero) is 1. The molecule has 4 heteroatoms. The SMILES string of the molecule is C=C1C(=O)[C@@H](CC)OC(I)[C@@H]1O. The van der Waals surface area contributed by atoms with Crippen molar-refractivity contribution in [3.8, 4) is 0 Å². The molecule has 0 aliphatic carbocycles. The highest BCUT2D eigenvalue weighted by Gasteiger charge is 2.36. The van der Waals surface area contributed by atoms with Gasteiger partial charge in [-0.2, -0.15) is 0 Å². The third kappa shape index (κ3) is 1.70. The van der Waals surface area contributed by atoms with Crippen LogP contribution in [0.5, 0.6) is 0 Å². The van der Waals surface area contributed by atoms with Crippen LogP contribution < -0.4 is 0 Å². The summed E-state index contributed by atoms with van der Waals surface area (Å²) in [6, 6.07) is 0. The molecule has 0 radical (unpaired) electrons. The lowest BCUT2D eigenvalue weighted by molar-refractivity contribution is -0.136. The van der Waals surface area contributed by atoms with Crippen molar-refractivity contribution in [2.45, 2.75) is 29.7 Å². The van der Waals surface area contributed by atoms with E-state index in [0.29, 0.717) is 6.42 Å². The molecule has 1 heterocycles. The number of alkyl halides is 1. The maximum absolute atomic E-state index is 11.3. The lowest BCUT2D eigenvalue weighted by Gasteiger charge is -2.30. The minimum absolute atomic E-state index is 0.169. The molecule has 0 aromatic heterocycles. The molecule has 0 amide bonds. The van der Waals surface area contributed by atoms with Crippen molar-refractivity contribution in [1.82, 2.24) is 0 Å². The van der Waals surface area contributed by atoms with E-state index in [0.717, 1.165) is 0 Å². The monoisotopic (exact) mass is 282 g/mol. The van der Waals surface area contributed by atoms with Crippen molar-refractivity contribution in [1.29, 1.82) is 0 Å². The first-order chi connectivity index (χ1) is 5.57. The van der Waals surface area contributed by atoms with Gasteiger partial charge in [0.1, 0.15) is 16.3 Å². The van der Waals surface area contributed by atoms with E-state index in [9.17, 15) is 9.90 Å². The first kappa shape index (κ1) is 10.1. The molecule has 1 N–H and O–H groups in total. The second-order valence-electron chi connectivity index (χ2n) is 2.72. The maximum Gasteiger partial charge on any atom is 0.189 e. The molecule has 68 valence electrons. The van der Waals surface area contributed by atoms with Crippen LogP contribution in [0.2, 0.25) is 0 Å². The zero-order chi connectivity index (χ0) is 9.30. The Labute approximate surface area is 84.9 Å². The van der Waals surface area contributed by atoms with Crippen LogP contribution in [0.15, 0.2) is 12.2 Å². The highest BCUT2D eigenvalue weighted by Crippen LogP contribution is 2.26. The number of hydrogen-bond acceptors (Lipinski definition) is 3. The molecule has 1 fully saturated rings. The van der Waals surface area contributed by atoms with Crippen molar-refractivity contribution in [2.24, 2.45) is 0 Å². The van der Waals surface area contributed by atoms with Gasteiger partial charge in [0.25, 0.3) is 0 Å². The number of hydrogen-bond donors (Lipinski definition) is 1. The fourth-order valence-electron chi connectivity index (χ4n) is 1.09. The van der Waals surface area contributed by atoms with Crippen molar-refractivity contribution >= 4 is 28.4 Å². The number of carbonyl (C=O) groups is 1. The highest BCUT2D eigenvalue weighted by atomic mass is 127. The van der Waals surface area contributed by atoms with E-state index in [2.05, 4.69) is 6.58 Å². The average molecular weight is 282 g/mol. The third-order valence-electron chi connectivity index (χ3n) is 1.88. The summed E-state index contributed by atoms with van der Waals surface area (Å²) < 4.78 is 4.91. The fraction of sp³-hybridized carbons (Fsp3) is 0.625. The first-order valence-electron chi connectivity index (χ1n) is 3.78. The summed E-state index contributed by atoms with van der Waals surface area (Å²) in [5.41, 5.74) is 0.271. The summed E-state index contributed by atoms with van der Waals surface area (Å²) in [6.07, 6.45) is -0.631. The highest BCUT2D eigenvalue weighted by molar-refractivity contribution is 14.1. The Hall–Kier alpha value is 0.0600. The number of aliphatic hydroxyl groups is 1. The standard InChI is InChI=1S/C8H11IO3/c1-3-5-6(10)4(2)7(11)8(9)12-5/h5,7-8,11H,2-3H2,1H3/t5-,7-,8?/m1/s1. The Morgan fingerprint density at radius 2 is 2.33 bits per heavy atom. The maximum atomic E-state index is 11.3. The molecule has 0 aromatic carbocycles. The predicted molar refractivity (Wildman–Crippen MR) is 53.1 cm³/mol. The zero-order valence-corrected chi connectivity index (χ0v) is 8.95. The number of halogens is 1. The van der Waals surface area contributed by atoms with Gasteiger partial charge in [-0.15, -0.1) is 0 Å². The van der Waals surface area contributed by atoms with E-state index < -0.39 is 12.2 Å². The number of aliphatic hydroxyl groups excluding tert-OH is 1. The lowest BCUT2D eigenvalue weighted by atomic mass is 9.99. The van der Waals surface area contributed by atoms with Crippen LogP contribution in [0.3, 0.4) is 0 Å². The van der Waals surface area contributed by atoms with E-state index in [1.807, 2.05) is 29.5 Å². The smallest absolute Gasteiger partial charge is 0.189 e. The molecule has 0 aromatic rings. The van der Waals surface area contributed by atoms with Gasteiger partial charge in [0.2, 0.25) is 0 Å². The molecular formula is C8H11IO3. The van der Waals surface area contributed by atoms with Crippen LogP contribution in [0, 0.1) is 0 Å². The number of carbonyl (C=O) groups excluding carboxylic acids is 1. The predicted octanol–water partition coefficient (Wildman–Crippen LogP) is 1.04. The van der Waals surface area contributed by atoms with E-state index in [-0.39, 0.29) is 15.5 Å². The molecule has 12 heavy (non-hydrogen) atoms. The Morgan fingerprint density at radius 1 is 1.75 bits per heavy atom. The Morgan fingerprint density at radius 3 is 2.83 bits per heavy atom. The van der Waals surface area contributed by atoms with E-state index in [1.165, 1.54) is 0 Å². The Bertz CT molecular complexity index is 208. The summed E-state index contributed by atoms with van der Waals surface area (Å²) in [7, 11) is 0. The van der Waals surface area contributed by atoms with E-state index >= 15 is 0 Å². The quantitative estimate of drug-likeness (QED) is 0.444. The van der Waals surface area contributed by atoms with Crippen molar-refractivity contribution < 1.29 is 14.6 Å². The van der Waals surface area contributed by atoms with Gasteiger partial charge >= 0.3 is 0 Å². The van der Waals surface area contributed by atoms with Gasteiger partial charge in [-0.3, -0.25) is 4.79 Å². The van der Waals surface area contributed by atoms with Crippen molar-refractivity contribution in [2.75, 3.05) is 0 Å². The summed E-state index contributed by atoms with van der Waals surface area (Å²) >= 11 is 1.96. The molecule has 1 aliphatic rings. The van der Waals surface area contributed by atoms with Crippen molar-refractivity contribution in [3.05, 3.63) is 12.2 Å². The van der Waals surface area contributed by atoms with E-state index in [4.69, 9.17) is 4.74 Å². The fourth-order valence-corrected chi connectivity index (χ4v) is 1.87. The third-order valence-corrected chi connectivity index (χ3v) is 2.85. The minimum Gasteiger partial charge on any atom is -0.385 e. The molecule has 0 saturated carbocycles. The summed E-state index contributed by atoms with van der Waals surface area (Å²) in [5.74, 6) is -0.169. The second kappa shape index (κ2) is 3.85. The van der Waals surface area contributed by atoms with Gasteiger partial charge in [0.15, 0.2) is 5.78 Å². The van der Waals surface area contributed by atoms with Gasteiger partial charge < -0.3 is 9.84 Å². The van der Waals surface area contributed by atoms with Crippen LogP contribution in [0.1, 0.15) is 13.3 Å². The van der Waals surface area contributed by atoms with Gasteiger partial charge in [0, 0.05) is 5.57 Å². The van der Waals surface area contributed by atoms with Crippen LogP contribution in [-0.4, -0.2) is 27.2 Å². The van der Waals surface area contributed by atoms with Crippen LogP contribution >= 0.6 is 22.6 Å². The summed E-state index contributed by atoms with van der Waals surface area (Å²) in [4.78, 5) is 11.3. The largest absolute Gasteiger partial charge is 0.385 e. The normalized spacial score (nSPS) is 37.1. The average Bonchev–Trinajstić information content (AvgIpc) is 2.08. The second-order valence-corrected chi connectivity index (χ2v) is 3.95. The Kier molecular flexibility index (Phi) is 3.25. The van der Waals surface area contributed by atoms with Crippen LogP contribution in [0.25, 0.3) is 0 Å².